The van der Waals surface area contributed by atoms with Crippen LogP contribution in [0.4, 0.5) is 0 Å². The van der Waals surface area contributed by atoms with Crippen LogP contribution in [0.25, 0.3) is 9.40 Å². The second kappa shape index (κ2) is 8.16. The van der Waals surface area contributed by atoms with Gasteiger partial charge in [0.25, 0.3) is 0 Å². The Hall–Kier alpha value is 0.620. The van der Waals surface area contributed by atoms with Gasteiger partial charge in [0.15, 0.2) is 0 Å². The van der Waals surface area contributed by atoms with Crippen LogP contribution < -0.4 is 0 Å². The minimum Gasteiger partial charge on any atom is -0.127 e. The third-order valence-corrected chi connectivity index (χ3v) is 7.17. The summed E-state index contributed by atoms with van der Waals surface area (Å²) < 4.78 is 5.49. The zero-order valence-corrected chi connectivity index (χ0v) is 16.1. The molecule has 0 aromatic carbocycles. The number of hydrogen-bond donors (Lipinski definition) is 0. The fraction of sp³-hybridized carbons (Fsp3) is 0.600. The minimum atomic E-state index is 1.22. The van der Waals surface area contributed by atoms with Gasteiger partial charge in [-0.3, -0.25) is 0 Å². The Balaban J connectivity index is 1.79. The highest BCUT2D eigenvalue weighted by molar-refractivity contribution is 9.11. The zero-order valence-electron chi connectivity index (χ0n) is 11.3. The van der Waals surface area contributed by atoms with Crippen molar-refractivity contribution in [3.8, 4) is 0 Å². The van der Waals surface area contributed by atoms with E-state index in [-0.39, 0.29) is 0 Å². The van der Waals surface area contributed by atoms with Crippen molar-refractivity contribution in [1.82, 2.24) is 0 Å². The van der Waals surface area contributed by atoms with Gasteiger partial charge in [0.05, 0.1) is 12.3 Å². The van der Waals surface area contributed by atoms with Gasteiger partial charge < -0.3 is 0 Å². The van der Waals surface area contributed by atoms with Crippen molar-refractivity contribution in [2.75, 3.05) is 0 Å². The molecule has 19 heavy (non-hydrogen) atoms. The molecule has 4 heteroatoms. The molecule has 2 aromatic heterocycles. The standard InChI is InChI=1S/C15H20Br2S2/c1-2-3-4-5-6-7-8-9-11-14-12(18-15(11)17)10-13(16)19-14/h10H,2-9H2,1H3. The molecule has 0 atom stereocenters. The second-order valence-corrected chi connectivity index (χ2v) is 9.77. The van der Waals surface area contributed by atoms with Crippen LogP contribution in [0.15, 0.2) is 13.6 Å². The highest BCUT2D eigenvalue weighted by Crippen LogP contribution is 2.42. The van der Waals surface area contributed by atoms with E-state index in [1.807, 2.05) is 22.7 Å². The van der Waals surface area contributed by atoms with Crippen LogP contribution in [-0.4, -0.2) is 0 Å². The average Bonchev–Trinajstić information content (AvgIpc) is 2.85. The quantitative estimate of drug-likeness (QED) is 0.380. The molecule has 0 bridgehead atoms. The molecule has 106 valence electrons. The van der Waals surface area contributed by atoms with E-state index in [2.05, 4.69) is 44.8 Å². The summed E-state index contributed by atoms with van der Waals surface area (Å²) in [6.07, 6.45) is 10.9. The molecular formula is C15H20Br2S2. The first kappa shape index (κ1) is 16.0. The van der Waals surface area contributed by atoms with Crippen LogP contribution in [0.3, 0.4) is 0 Å². The Kier molecular flexibility index (Phi) is 6.87. The predicted molar refractivity (Wildman–Crippen MR) is 96.8 cm³/mol. The maximum Gasteiger partial charge on any atom is 0.0751 e. The molecule has 2 rings (SSSR count). The average molecular weight is 424 g/mol. The van der Waals surface area contributed by atoms with Crippen LogP contribution in [-0.2, 0) is 6.42 Å². The molecule has 0 amide bonds. The lowest BCUT2D eigenvalue weighted by Gasteiger charge is -2.01. The lowest BCUT2D eigenvalue weighted by molar-refractivity contribution is 0.590. The predicted octanol–water partition coefficient (Wildman–Crippen LogP) is 7.78. The van der Waals surface area contributed by atoms with Gasteiger partial charge in [-0.2, -0.15) is 0 Å². The molecule has 0 unspecified atom stereocenters. The maximum atomic E-state index is 3.73. The Morgan fingerprint density at radius 2 is 1.63 bits per heavy atom. The summed E-state index contributed by atoms with van der Waals surface area (Å²) in [5.41, 5.74) is 1.53. The van der Waals surface area contributed by atoms with Crippen molar-refractivity contribution in [2.24, 2.45) is 0 Å². The second-order valence-electron chi connectivity index (χ2n) is 4.97. The van der Waals surface area contributed by atoms with E-state index in [9.17, 15) is 0 Å². The molecule has 2 heterocycles. The molecule has 0 fully saturated rings. The Morgan fingerprint density at radius 1 is 0.947 bits per heavy atom. The smallest absolute Gasteiger partial charge is 0.0751 e. The Labute approximate surface area is 140 Å². The van der Waals surface area contributed by atoms with Crippen molar-refractivity contribution in [3.63, 3.8) is 0 Å². The fourth-order valence-electron chi connectivity index (χ4n) is 2.35. The zero-order chi connectivity index (χ0) is 13.7. The van der Waals surface area contributed by atoms with Crippen LogP contribution in [0, 0.1) is 0 Å². The van der Waals surface area contributed by atoms with Gasteiger partial charge in [0, 0.05) is 4.70 Å². The van der Waals surface area contributed by atoms with Gasteiger partial charge >= 0.3 is 0 Å². The molecule has 0 aliphatic heterocycles. The third-order valence-electron chi connectivity index (χ3n) is 3.41. The van der Waals surface area contributed by atoms with Crippen molar-refractivity contribution < 1.29 is 0 Å². The van der Waals surface area contributed by atoms with Crippen molar-refractivity contribution >= 4 is 63.9 Å². The van der Waals surface area contributed by atoms with Crippen molar-refractivity contribution in [1.29, 1.82) is 0 Å². The highest BCUT2D eigenvalue weighted by atomic mass is 79.9. The fourth-order valence-corrected chi connectivity index (χ4v) is 6.43. The summed E-state index contributed by atoms with van der Waals surface area (Å²) in [6.45, 7) is 2.28. The summed E-state index contributed by atoms with van der Waals surface area (Å²) >= 11 is 11.1. The monoisotopic (exact) mass is 422 g/mol. The Bertz CT molecular complexity index is 513. The molecule has 0 radical (unpaired) electrons. The van der Waals surface area contributed by atoms with E-state index < -0.39 is 0 Å². The lowest BCUT2D eigenvalue weighted by atomic mass is 10.1. The van der Waals surface area contributed by atoms with Crippen LogP contribution in [0.2, 0.25) is 0 Å². The first-order valence-electron chi connectivity index (χ1n) is 7.08. The highest BCUT2D eigenvalue weighted by Gasteiger charge is 2.12. The topological polar surface area (TPSA) is 0 Å². The van der Waals surface area contributed by atoms with Gasteiger partial charge in [-0.15, -0.1) is 22.7 Å². The Morgan fingerprint density at radius 3 is 2.37 bits per heavy atom. The van der Waals surface area contributed by atoms with Crippen LogP contribution in [0.5, 0.6) is 0 Å². The molecule has 2 aromatic rings. The number of unbranched alkanes of at least 4 members (excludes halogenated alkanes) is 6. The van der Waals surface area contributed by atoms with E-state index in [0.29, 0.717) is 0 Å². The molecule has 0 saturated carbocycles. The molecule has 0 saturated heterocycles. The first-order chi connectivity index (χ1) is 9.22. The summed E-state index contributed by atoms with van der Waals surface area (Å²) in [7, 11) is 0. The third kappa shape index (κ3) is 4.55. The number of rotatable bonds is 8. The first-order valence-corrected chi connectivity index (χ1v) is 10.3. The number of hydrogen-bond acceptors (Lipinski definition) is 2. The summed E-state index contributed by atoms with van der Waals surface area (Å²) in [5.74, 6) is 0. The SMILES string of the molecule is CCCCCCCCCc1c(Br)sc2cc(Br)sc12. The molecule has 0 N–H and O–H groups in total. The van der Waals surface area contributed by atoms with Crippen LogP contribution in [0.1, 0.15) is 57.4 Å². The van der Waals surface area contributed by atoms with E-state index in [4.69, 9.17) is 0 Å². The summed E-state index contributed by atoms with van der Waals surface area (Å²) in [5, 5.41) is 0. The molecule has 0 aliphatic carbocycles. The summed E-state index contributed by atoms with van der Waals surface area (Å²) in [6, 6.07) is 2.24. The van der Waals surface area contributed by atoms with Gasteiger partial charge in [0.2, 0.25) is 0 Å². The molecule has 0 spiro atoms. The summed E-state index contributed by atoms with van der Waals surface area (Å²) in [4.78, 5) is 0. The number of thiophene rings is 2. The van der Waals surface area contributed by atoms with Gasteiger partial charge in [0.1, 0.15) is 0 Å². The van der Waals surface area contributed by atoms with Gasteiger partial charge in [-0.1, -0.05) is 45.4 Å². The molecule has 0 aliphatic rings. The number of fused-ring (bicyclic) bond motifs is 1. The van der Waals surface area contributed by atoms with E-state index in [1.54, 1.807) is 0 Å². The number of aryl methyl sites for hydroxylation is 1. The molecule has 0 nitrogen and oxygen atoms in total. The van der Waals surface area contributed by atoms with Crippen molar-refractivity contribution in [2.45, 2.75) is 58.3 Å². The van der Waals surface area contributed by atoms with Gasteiger partial charge in [-0.05, 0) is 56.3 Å². The maximum absolute atomic E-state index is 3.73. The van der Waals surface area contributed by atoms with Gasteiger partial charge in [-0.25, -0.2) is 0 Å². The molecular weight excluding hydrogens is 404 g/mol. The van der Waals surface area contributed by atoms with E-state index in [0.717, 1.165) is 0 Å². The normalized spacial score (nSPS) is 11.5. The largest absolute Gasteiger partial charge is 0.127 e. The van der Waals surface area contributed by atoms with E-state index in [1.165, 1.54) is 73.9 Å². The van der Waals surface area contributed by atoms with Crippen molar-refractivity contribution in [3.05, 3.63) is 19.2 Å². The van der Waals surface area contributed by atoms with Crippen LogP contribution >= 0.6 is 54.5 Å². The minimum absolute atomic E-state index is 1.22. The van der Waals surface area contributed by atoms with E-state index >= 15 is 0 Å². The lowest BCUT2D eigenvalue weighted by Crippen LogP contribution is -1.85. The number of halogens is 2.